The van der Waals surface area contributed by atoms with Crippen molar-refractivity contribution in [3.63, 3.8) is 0 Å². The molecule has 0 saturated heterocycles. The van der Waals surface area contributed by atoms with E-state index in [1.165, 1.54) is 6.33 Å². The van der Waals surface area contributed by atoms with E-state index in [4.69, 9.17) is 0 Å². The molecule has 1 amide bonds. The van der Waals surface area contributed by atoms with Gasteiger partial charge in [-0.2, -0.15) is 13.2 Å². The number of carbonyl (C=O) groups excluding carboxylic acids is 1. The largest absolute Gasteiger partial charge is 0.406 e. The maximum absolute atomic E-state index is 12.4. The molecular weight excluding hydrogens is 251 g/mol. The molecule has 0 bridgehead atoms. The topological polar surface area (TPSA) is 63.9 Å². The number of rotatable bonds is 5. The van der Waals surface area contributed by atoms with E-state index in [9.17, 15) is 18.0 Å². The maximum atomic E-state index is 12.4. The SMILES string of the molecule is CC(C)CN(CC(F)(F)F)C(=O)Cn1cnnn1. The minimum atomic E-state index is -4.41. The van der Waals surface area contributed by atoms with Crippen molar-refractivity contribution >= 4 is 5.91 Å². The van der Waals surface area contributed by atoms with Gasteiger partial charge in [-0.05, 0) is 16.3 Å². The normalized spacial score (nSPS) is 11.9. The highest BCUT2D eigenvalue weighted by Crippen LogP contribution is 2.17. The third-order valence-electron chi connectivity index (χ3n) is 2.00. The van der Waals surface area contributed by atoms with E-state index in [1.54, 1.807) is 13.8 Å². The van der Waals surface area contributed by atoms with Crippen molar-refractivity contribution in [2.45, 2.75) is 26.6 Å². The molecule has 0 aliphatic rings. The predicted octanol–water partition coefficient (Wildman–Crippen LogP) is 0.720. The van der Waals surface area contributed by atoms with E-state index in [2.05, 4.69) is 15.5 Å². The van der Waals surface area contributed by atoms with Crippen LogP contribution in [0.4, 0.5) is 13.2 Å². The molecule has 1 rings (SSSR count). The third-order valence-corrected chi connectivity index (χ3v) is 2.00. The van der Waals surface area contributed by atoms with E-state index in [0.717, 1.165) is 9.58 Å². The van der Waals surface area contributed by atoms with Crippen molar-refractivity contribution in [3.8, 4) is 0 Å². The van der Waals surface area contributed by atoms with Gasteiger partial charge in [0.2, 0.25) is 5.91 Å². The first-order valence-electron chi connectivity index (χ1n) is 5.33. The van der Waals surface area contributed by atoms with E-state index < -0.39 is 18.6 Å². The fourth-order valence-corrected chi connectivity index (χ4v) is 1.40. The van der Waals surface area contributed by atoms with Crippen LogP contribution in [0, 0.1) is 5.92 Å². The summed E-state index contributed by atoms with van der Waals surface area (Å²) >= 11 is 0. The molecule has 0 unspecified atom stereocenters. The second-order valence-corrected chi connectivity index (χ2v) is 4.29. The quantitative estimate of drug-likeness (QED) is 0.787. The first-order chi connectivity index (χ1) is 8.28. The molecule has 1 aromatic rings. The Hall–Kier alpha value is -1.67. The van der Waals surface area contributed by atoms with Crippen LogP contribution in [-0.2, 0) is 11.3 Å². The molecule has 102 valence electrons. The molecule has 0 spiro atoms. The molecule has 6 nitrogen and oxygen atoms in total. The van der Waals surface area contributed by atoms with Crippen LogP contribution < -0.4 is 0 Å². The van der Waals surface area contributed by atoms with Crippen LogP contribution in [-0.4, -0.2) is 50.3 Å². The number of aromatic nitrogens is 4. The Morgan fingerprint density at radius 3 is 2.56 bits per heavy atom. The van der Waals surface area contributed by atoms with Crippen molar-refractivity contribution < 1.29 is 18.0 Å². The molecule has 18 heavy (non-hydrogen) atoms. The number of tetrazole rings is 1. The molecule has 0 atom stereocenters. The Balaban J connectivity index is 2.66. The zero-order valence-corrected chi connectivity index (χ0v) is 10.1. The Morgan fingerprint density at radius 2 is 2.11 bits per heavy atom. The lowest BCUT2D eigenvalue weighted by Gasteiger charge is -2.25. The summed E-state index contributed by atoms with van der Waals surface area (Å²) < 4.78 is 38.2. The summed E-state index contributed by atoms with van der Waals surface area (Å²) in [6.07, 6.45) is -3.23. The summed E-state index contributed by atoms with van der Waals surface area (Å²) in [5.41, 5.74) is 0. The van der Waals surface area contributed by atoms with Crippen molar-refractivity contribution in [1.82, 2.24) is 25.1 Å². The summed E-state index contributed by atoms with van der Waals surface area (Å²) in [5, 5.41) is 10.1. The van der Waals surface area contributed by atoms with Crippen LogP contribution in [0.25, 0.3) is 0 Å². The van der Waals surface area contributed by atoms with E-state index >= 15 is 0 Å². The van der Waals surface area contributed by atoms with Gasteiger partial charge in [0.15, 0.2) is 0 Å². The fraction of sp³-hybridized carbons (Fsp3) is 0.778. The number of carbonyl (C=O) groups is 1. The van der Waals surface area contributed by atoms with Gasteiger partial charge in [-0.3, -0.25) is 4.79 Å². The summed E-state index contributed by atoms with van der Waals surface area (Å²) in [5.74, 6) is -0.710. The van der Waals surface area contributed by atoms with Gasteiger partial charge in [0.05, 0.1) is 0 Å². The van der Waals surface area contributed by atoms with Crippen molar-refractivity contribution in [2.75, 3.05) is 13.1 Å². The number of nitrogens with zero attached hydrogens (tertiary/aromatic N) is 5. The van der Waals surface area contributed by atoms with Crippen LogP contribution in [0.15, 0.2) is 6.33 Å². The minimum absolute atomic E-state index is 0.0421. The number of hydrogen-bond acceptors (Lipinski definition) is 4. The molecule has 0 radical (unpaired) electrons. The number of hydrogen-bond donors (Lipinski definition) is 0. The maximum Gasteiger partial charge on any atom is 0.406 e. The summed E-state index contributed by atoms with van der Waals surface area (Å²) in [7, 11) is 0. The van der Waals surface area contributed by atoms with Crippen LogP contribution in [0.3, 0.4) is 0 Å². The zero-order valence-electron chi connectivity index (χ0n) is 10.1. The summed E-state index contributed by atoms with van der Waals surface area (Å²) in [6, 6.07) is 0. The molecule has 0 aliphatic heterocycles. The standard InChI is InChI=1S/C9H14F3N5O/c1-7(2)3-16(5-9(10,11)12)8(18)4-17-6-13-14-15-17/h6-7H,3-5H2,1-2H3. The Bertz CT molecular complexity index is 376. The highest BCUT2D eigenvalue weighted by atomic mass is 19.4. The first kappa shape index (κ1) is 14.4. The van der Waals surface area contributed by atoms with Crippen LogP contribution in [0.2, 0.25) is 0 Å². The predicted molar refractivity (Wildman–Crippen MR) is 55.3 cm³/mol. The van der Waals surface area contributed by atoms with E-state index in [-0.39, 0.29) is 19.0 Å². The van der Waals surface area contributed by atoms with Crippen molar-refractivity contribution in [2.24, 2.45) is 5.92 Å². The lowest BCUT2D eigenvalue weighted by molar-refractivity contribution is -0.162. The van der Waals surface area contributed by atoms with Crippen LogP contribution >= 0.6 is 0 Å². The van der Waals surface area contributed by atoms with Gasteiger partial charge in [0.25, 0.3) is 0 Å². The molecule has 0 fully saturated rings. The van der Waals surface area contributed by atoms with Crippen molar-refractivity contribution in [3.05, 3.63) is 6.33 Å². The number of amides is 1. The van der Waals surface area contributed by atoms with Gasteiger partial charge in [0.1, 0.15) is 19.4 Å². The molecule has 1 aromatic heterocycles. The average molecular weight is 265 g/mol. The lowest BCUT2D eigenvalue weighted by Crippen LogP contribution is -2.42. The second kappa shape index (κ2) is 5.78. The average Bonchev–Trinajstić information content (AvgIpc) is 2.66. The smallest absolute Gasteiger partial charge is 0.332 e. The highest BCUT2D eigenvalue weighted by Gasteiger charge is 2.33. The Kier molecular flexibility index (Phi) is 4.62. The number of alkyl halides is 3. The zero-order chi connectivity index (χ0) is 13.8. The van der Waals surface area contributed by atoms with Gasteiger partial charge >= 0.3 is 6.18 Å². The van der Waals surface area contributed by atoms with Gasteiger partial charge in [-0.1, -0.05) is 13.8 Å². The van der Waals surface area contributed by atoms with Gasteiger partial charge in [-0.15, -0.1) is 5.10 Å². The van der Waals surface area contributed by atoms with Crippen LogP contribution in [0.5, 0.6) is 0 Å². The fourth-order valence-electron chi connectivity index (χ4n) is 1.40. The highest BCUT2D eigenvalue weighted by molar-refractivity contribution is 5.75. The molecule has 0 aliphatic carbocycles. The molecule has 0 N–H and O–H groups in total. The minimum Gasteiger partial charge on any atom is -0.332 e. The summed E-state index contributed by atoms with van der Waals surface area (Å²) in [4.78, 5) is 12.5. The molecule has 0 saturated carbocycles. The summed E-state index contributed by atoms with van der Waals surface area (Å²) in [6.45, 7) is 1.98. The third kappa shape index (κ3) is 5.11. The molecule has 0 aromatic carbocycles. The molecular formula is C9H14F3N5O. The monoisotopic (exact) mass is 265 g/mol. The Morgan fingerprint density at radius 1 is 1.44 bits per heavy atom. The van der Waals surface area contributed by atoms with E-state index in [0.29, 0.717) is 0 Å². The molecule has 9 heteroatoms. The lowest BCUT2D eigenvalue weighted by atomic mass is 10.2. The molecule has 1 heterocycles. The van der Waals surface area contributed by atoms with Crippen LogP contribution in [0.1, 0.15) is 13.8 Å². The van der Waals surface area contributed by atoms with Gasteiger partial charge in [-0.25, -0.2) is 4.68 Å². The first-order valence-corrected chi connectivity index (χ1v) is 5.33. The van der Waals surface area contributed by atoms with Crippen molar-refractivity contribution in [1.29, 1.82) is 0 Å². The van der Waals surface area contributed by atoms with Gasteiger partial charge in [0, 0.05) is 6.54 Å². The Labute approximate surface area is 102 Å². The number of halogens is 3. The van der Waals surface area contributed by atoms with E-state index in [1.807, 2.05) is 0 Å². The van der Waals surface area contributed by atoms with Gasteiger partial charge < -0.3 is 4.90 Å². The second-order valence-electron chi connectivity index (χ2n) is 4.29.